The first-order valence-corrected chi connectivity index (χ1v) is 7.81. The molecule has 0 saturated heterocycles. The van der Waals surface area contributed by atoms with Crippen molar-refractivity contribution in [3.63, 3.8) is 0 Å². The van der Waals surface area contributed by atoms with Crippen LogP contribution in [0.1, 0.15) is 66.7 Å². The van der Waals surface area contributed by atoms with Gasteiger partial charge in [0.1, 0.15) is 0 Å². The third kappa shape index (κ3) is 4.28. The molecule has 1 aliphatic carbocycles. The Kier molecular flexibility index (Phi) is 6.54. The highest BCUT2D eigenvalue weighted by Crippen LogP contribution is 2.35. The molecule has 0 heterocycles. The van der Waals surface area contributed by atoms with E-state index in [2.05, 4.69) is 39.9 Å². The van der Waals surface area contributed by atoms with E-state index < -0.39 is 0 Å². The van der Waals surface area contributed by atoms with Crippen molar-refractivity contribution in [3.8, 4) is 0 Å². The van der Waals surface area contributed by atoms with Crippen LogP contribution in [0.2, 0.25) is 0 Å². The van der Waals surface area contributed by atoms with E-state index in [0.29, 0.717) is 0 Å². The fourth-order valence-corrected chi connectivity index (χ4v) is 3.95. The molecule has 0 bridgehead atoms. The largest absolute Gasteiger partial charge is 0.314 e. The molecule has 0 aromatic rings. The second-order valence-corrected chi connectivity index (χ2v) is 6.55. The van der Waals surface area contributed by atoms with Crippen LogP contribution in [0.15, 0.2) is 0 Å². The molecule has 1 atom stereocenters. The third-order valence-corrected chi connectivity index (χ3v) is 4.55. The molecule has 0 aromatic carbocycles. The molecule has 0 spiro atoms. The van der Waals surface area contributed by atoms with E-state index in [4.69, 9.17) is 0 Å². The Hall–Kier alpha value is -0.0400. The molecule has 17 heavy (non-hydrogen) atoms. The number of nitrogens with one attached hydrogen (secondary N) is 1. The molecule has 0 aromatic heterocycles. The lowest BCUT2D eigenvalue weighted by Gasteiger charge is -2.40. The van der Waals surface area contributed by atoms with Gasteiger partial charge in [0, 0.05) is 6.04 Å². The molecule has 1 aliphatic rings. The van der Waals surface area contributed by atoms with Crippen molar-refractivity contribution in [2.24, 2.45) is 23.7 Å². The zero-order valence-corrected chi connectivity index (χ0v) is 12.6. The second kappa shape index (κ2) is 7.41. The van der Waals surface area contributed by atoms with Gasteiger partial charge in [-0.05, 0) is 43.1 Å². The lowest BCUT2D eigenvalue weighted by Crippen LogP contribution is -2.46. The van der Waals surface area contributed by atoms with Crippen LogP contribution in [-0.4, -0.2) is 12.6 Å². The van der Waals surface area contributed by atoms with Gasteiger partial charge in [-0.3, -0.25) is 0 Å². The predicted molar refractivity (Wildman–Crippen MR) is 77.2 cm³/mol. The average molecular weight is 239 g/mol. The minimum absolute atomic E-state index is 0.750. The van der Waals surface area contributed by atoms with Gasteiger partial charge in [-0.15, -0.1) is 0 Å². The monoisotopic (exact) mass is 239 g/mol. The summed E-state index contributed by atoms with van der Waals surface area (Å²) in [6, 6.07) is 0.750. The van der Waals surface area contributed by atoms with Crippen LogP contribution in [0.5, 0.6) is 0 Å². The first kappa shape index (κ1) is 15.0. The zero-order chi connectivity index (χ0) is 12.8. The van der Waals surface area contributed by atoms with Crippen molar-refractivity contribution < 1.29 is 0 Å². The maximum Gasteiger partial charge on any atom is 0.0128 e. The number of hydrogen-bond acceptors (Lipinski definition) is 1. The molecule has 102 valence electrons. The number of hydrogen-bond donors (Lipinski definition) is 1. The number of rotatable bonds is 6. The quantitative estimate of drug-likeness (QED) is 0.721. The molecular formula is C16H33N. The van der Waals surface area contributed by atoms with Crippen LogP contribution >= 0.6 is 0 Å². The first-order valence-electron chi connectivity index (χ1n) is 7.81. The summed E-state index contributed by atoms with van der Waals surface area (Å²) in [6.45, 7) is 13.0. The minimum Gasteiger partial charge on any atom is -0.314 e. The topological polar surface area (TPSA) is 12.0 Å². The fourth-order valence-electron chi connectivity index (χ4n) is 3.95. The van der Waals surface area contributed by atoms with E-state index in [1.165, 1.54) is 32.1 Å². The van der Waals surface area contributed by atoms with E-state index in [-0.39, 0.29) is 0 Å². The van der Waals surface area contributed by atoms with Gasteiger partial charge < -0.3 is 5.32 Å². The van der Waals surface area contributed by atoms with Gasteiger partial charge in [0.25, 0.3) is 0 Å². The molecule has 1 unspecified atom stereocenters. The van der Waals surface area contributed by atoms with E-state index in [0.717, 1.165) is 36.3 Å². The summed E-state index contributed by atoms with van der Waals surface area (Å²) < 4.78 is 0. The van der Waals surface area contributed by atoms with Crippen molar-refractivity contribution >= 4 is 0 Å². The Morgan fingerprint density at radius 2 is 1.47 bits per heavy atom. The average Bonchev–Trinajstić information content (AvgIpc) is 2.28. The smallest absolute Gasteiger partial charge is 0.0128 e. The molecule has 0 radical (unpaired) electrons. The SMILES string of the molecule is CCNC(C1CCCCC1)C(C(C)C)C(C)C. The molecule has 1 fully saturated rings. The molecule has 1 heteroatoms. The highest BCUT2D eigenvalue weighted by atomic mass is 14.9. The first-order chi connectivity index (χ1) is 8.07. The maximum atomic E-state index is 3.82. The van der Waals surface area contributed by atoms with Gasteiger partial charge in [0.05, 0.1) is 0 Å². The summed E-state index contributed by atoms with van der Waals surface area (Å²) in [5.41, 5.74) is 0. The molecule has 0 amide bonds. The van der Waals surface area contributed by atoms with Crippen molar-refractivity contribution in [3.05, 3.63) is 0 Å². The Labute approximate surface area is 109 Å². The van der Waals surface area contributed by atoms with E-state index in [1.54, 1.807) is 0 Å². The van der Waals surface area contributed by atoms with Gasteiger partial charge in [0.15, 0.2) is 0 Å². The fraction of sp³-hybridized carbons (Fsp3) is 1.00. The van der Waals surface area contributed by atoms with Gasteiger partial charge in [-0.25, -0.2) is 0 Å². The molecule has 1 N–H and O–H groups in total. The van der Waals surface area contributed by atoms with Crippen LogP contribution in [-0.2, 0) is 0 Å². The van der Waals surface area contributed by atoms with Crippen molar-refractivity contribution in [1.29, 1.82) is 0 Å². The summed E-state index contributed by atoms with van der Waals surface area (Å²) in [4.78, 5) is 0. The zero-order valence-electron chi connectivity index (χ0n) is 12.6. The highest BCUT2D eigenvalue weighted by molar-refractivity contribution is 4.87. The Balaban J connectivity index is 2.73. The Morgan fingerprint density at radius 3 is 1.88 bits per heavy atom. The summed E-state index contributed by atoms with van der Waals surface area (Å²) in [5.74, 6) is 3.35. The Bertz CT molecular complexity index is 184. The van der Waals surface area contributed by atoms with Crippen LogP contribution in [0.25, 0.3) is 0 Å². The molecule has 1 saturated carbocycles. The van der Waals surface area contributed by atoms with Gasteiger partial charge >= 0.3 is 0 Å². The summed E-state index contributed by atoms with van der Waals surface area (Å²) in [5, 5.41) is 3.82. The van der Waals surface area contributed by atoms with Gasteiger partial charge in [-0.2, -0.15) is 0 Å². The molecule has 0 aliphatic heterocycles. The van der Waals surface area contributed by atoms with E-state index in [1.807, 2.05) is 0 Å². The van der Waals surface area contributed by atoms with Crippen LogP contribution in [0.3, 0.4) is 0 Å². The van der Waals surface area contributed by atoms with Crippen LogP contribution in [0, 0.1) is 23.7 Å². The molecular weight excluding hydrogens is 206 g/mol. The van der Waals surface area contributed by atoms with Gasteiger partial charge in [0.2, 0.25) is 0 Å². The third-order valence-electron chi connectivity index (χ3n) is 4.55. The van der Waals surface area contributed by atoms with Crippen LogP contribution in [0.4, 0.5) is 0 Å². The lowest BCUT2D eigenvalue weighted by atomic mass is 9.71. The van der Waals surface area contributed by atoms with E-state index in [9.17, 15) is 0 Å². The normalized spacial score (nSPS) is 20.5. The second-order valence-electron chi connectivity index (χ2n) is 6.55. The van der Waals surface area contributed by atoms with E-state index >= 15 is 0 Å². The molecule has 1 nitrogen and oxygen atoms in total. The standard InChI is InChI=1S/C16H33N/c1-6-17-16(14-10-8-7-9-11-14)15(12(2)3)13(4)5/h12-17H,6-11H2,1-5H3. The van der Waals surface area contributed by atoms with Gasteiger partial charge in [-0.1, -0.05) is 53.9 Å². The summed E-state index contributed by atoms with van der Waals surface area (Å²) in [6.07, 6.45) is 7.27. The summed E-state index contributed by atoms with van der Waals surface area (Å²) in [7, 11) is 0. The lowest BCUT2D eigenvalue weighted by molar-refractivity contribution is 0.135. The van der Waals surface area contributed by atoms with Crippen molar-refractivity contribution in [2.45, 2.75) is 72.8 Å². The Morgan fingerprint density at radius 1 is 0.941 bits per heavy atom. The predicted octanol–water partition coefficient (Wildman–Crippen LogP) is 4.47. The highest BCUT2D eigenvalue weighted by Gasteiger charge is 2.33. The van der Waals surface area contributed by atoms with Crippen LogP contribution < -0.4 is 5.32 Å². The summed E-state index contributed by atoms with van der Waals surface area (Å²) >= 11 is 0. The minimum atomic E-state index is 0.750. The van der Waals surface area contributed by atoms with Crippen molar-refractivity contribution in [2.75, 3.05) is 6.54 Å². The maximum absolute atomic E-state index is 3.82. The molecule has 1 rings (SSSR count). The van der Waals surface area contributed by atoms with Crippen molar-refractivity contribution in [1.82, 2.24) is 5.32 Å².